The summed E-state index contributed by atoms with van der Waals surface area (Å²) in [7, 11) is 0. The Balaban J connectivity index is 3.15. The highest BCUT2D eigenvalue weighted by atomic mass is 16.1. The van der Waals surface area contributed by atoms with E-state index >= 15 is 0 Å². The number of carbonyl (C=O) groups is 1. The van der Waals surface area contributed by atoms with E-state index in [1.807, 2.05) is 0 Å². The topological polar surface area (TPSA) is 17.1 Å². The third-order valence-electron chi connectivity index (χ3n) is 1.36. The van der Waals surface area contributed by atoms with Gasteiger partial charge in [-0.2, -0.15) is 0 Å². The number of hydrogen-bond acceptors (Lipinski definition) is 1. The van der Waals surface area contributed by atoms with Crippen LogP contribution in [-0.2, 0) is 4.79 Å². The van der Waals surface area contributed by atoms with E-state index in [1.165, 1.54) is 0 Å². The summed E-state index contributed by atoms with van der Waals surface area (Å²) < 4.78 is 0. The molecule has 0 aliphatic carbocycles. The quantitative estimate of drug-likeness (QED) is 0.420. The summed E-state index contributed by atoms with van der Waals surface area (Å²) in [5.74, 6) is 2.55. The molecule has 0 amide bonds. The zero-order valence-electron chi connectivity index (χ0n) is 6.52. The van der Waals surface area contributed by atoms with Gasteiger partial charge in [-0.1, -0.05) is 25.7 Å². The van der Waals surface area contributed by atoms with Gasteiger partial charge in [0.2, 0.25) is 0 Å². The van der Waals surface area contributed by atoms with E-state index in [4.69, 9.17) is 6.42 Å². The third-order valence-corrected chi connectivity index (χ3v) is 1.36. The molecule has 0 spiro atoms. The first kappa shape index (κ1) is 9.23. The zero-order chi connectivity index (χ0) is 7.82. The van der Waals surface area contributed by atoms with E-state index in [0.29, 0.717) is 12.8 Å². The zero-order valence-corrected chi connectivity index (χ0v) is 6.52. The molecule has 1 heteroatoms. The van der Waals surface area contributed by atoms with Crippen LogP contribution in [-0.4, -0.2) is 5.78 Å². The number of rotatable bonds is 5. The van der Waals surface area contributed by atoms with Gasteiger partial charge >= 0.3 is 0 Å². The SMILES string of the molecule is C#CCC(=O)CCCCC. The van der Waals surface area contributed by atoms with E-state index in [0.717, 1.165) is 19.3 Å². The molecule has 0 heterocycles. The Morgan fingerprint density at radius 1 is 1.50 bits per heavy atom. The summed E-state index contributed by atoms with van der Waals surface area (Å²) in [5.41, 5.74) is 0. The standard InChI is InChI=1S/C9H14O/c1-3-5-6-8-9(10)7-4-2/h2H,3,5-8H2,1H3. The first-order valence-electron chi connectivity index (χ1n) is 3.76. The van der Waals surface area contributed by atoms with Gasteiger partial charge in [0, 0.05) is 6.42 Å². The van der Waals surface area contributed by atoms with Gasteiger partial charge in [0.15, 0.2) is 0 Å². The summed E-state index contributed by atoms with van der Waals surface area (Å²) in [6.07, 6.45) is 9.23. The molecule has 1 nitrogen and oxygen atoms in total. The van der Waals surface area contributed by atoms with Gasteiger partial charge in [-0.3, -0.25) is 4.79 Å². The van der Waals surface area contributed by atoms with Crippen molar-refractivity contribution in [2.24, 2.45) is 0 Å². The van der Waals surface area contributed by atoms with E-state index in [1.54, 1.807) is 0 Å². The highest BCUT2D eigenvalue weighted by Gasteiger charge is 1.96. The molecule has 10 heavy (non-hydrogen) atoms. The number of ketones is 1. The average Bonchev–Trinajstić information content (AvgIpc) is 1.89. The number of terminal acetylenes is 1. The van der Waals surface area contributed by atoms with Gasteiger partial charge in [-0.15, -0.1) is 6.42 Å². The fraction of sp³-hybridized carbons (Fsp3) is 0.667. The molecule has 0 fully saturated rings. The Kier molecular flexibility index (Phi) is 5.86. The Hall–Kier alpha value is -0.770. The van der Waals surface area contributed by atoms with Gasteiger partial charge in [0.05, 0.1) is 6.42 Å². The van der Waals surface area contributed by atoms with E-state index in [-0.39, 0.29) is 5.78 Å². The van der Waals surface area contributed by atoms with Crippen LogP contribution in [0.4, 0.5) is 0 Å². The largest absolute Gasteiger partial charge is 0.299 e. The van der Waals surface area contributed by atoms with E-state index in [9.17, 15) is 4.79 Å². The summed E-state index contributed by atoms with van der Waals surface area (Å²) in [4.78, 5) is 10.8. The Morgan fingerprint density at radius 3 is 2.70 bits per heavy atom. The van der Waals surface area contributed by atoms with Crippen molar-refractivity contribution in [1.29, 1.82) is 0 Å². The number of carbonyl (C=O) groups excluding carboxylic acids is 1. The monoisotopic (exact) mass is 138 g/mol. The Bertz CT molecular complexity index is 130. The van der Waals surface area contributed by atoms with Crippen molar-refractivity contribution in [3.63, 3.8) is 0 Å². The summed E-state index contributed by atoms with van der Waals surface area (Å²) >= 11 is 0. The van der Waals surface area contributed by atoms with Gasteiger partial charge in [-0.25, -0.2) is 0 Å². The van der Waals surface area contributed by atoms with E-state index < -0.39 is 0 Å². The lowest BCUT2D eigenvalue weighted by molar-refractivity contribution is -0.118. The van der Waals surface area contributed by atoms with Crippen molar-refractivity contribution in [2.75, 3.05) is 0 Å². The van der Waals surface area contributed by atoms with Gasteiger partial charge < -0.3 is 0 Å². The van der Waals surface area contributed by atoms with Crippen LogP contribution in [0.2, 0.25) is 0 Å². The third kappa shape index (κ3) is 5.37. The first-order chi connectivity index (χ1) is 4.81. The second-order valence-corrected chi connectivity index (χ2v) is 2.38. The second kappa shape index (κ2) is 6.35. The maximum atomic E-state index is 10.8. The number of Topliss-reactive ketones (excluding diaryl/α,β-unsaturated/α-hetero) is 1. The van der Waals surface area contributed by atoms with Crippen LogP contribution in [0.5, 0.6) is 0 Å². The van der Waals surface area contributed by atoms with Crippen molar-refractivity contribution in [3.8, 4) is 12.3 Å². The van der Waals surface area contributed by atoms with Gasteiger partial charge in [0.1, 0.15) is 5.78 Å². The minimum atomic E-state index is 0.205. The molecule has 0 rings (SSSR count). The summed E-state index contributed by atoms with van der Waals surface area (Å²) in [6, 6.07) is 0. The maximum absolute atomic E-state index is 10.8. The van der Waals surface area contributed by atoms with Crippen LogP contribution in [0.3, 0.4) is 0 Å². The van der Waals surface area contributed by atoms with Crippen LogP contribution in [0.15, 0.2) is 0 Å². The first-order valence-corrected chi connectivity index (χ1v) is 3.76. The molecule has 0 bridgehead atoms. The van der Waals surface area contributed by atoms with Crippen LogP contribution >= 0.6 is 0 Å². The predicted octanol–water partition coefficient (Wildman–Crippen LogP) is 2.16. The van der Waals surface area contributed by atoms with E-state index in [2.05, 4.69) is 12.8 Å². The lowest BCUT2D eigenvalue weighted by Gasteiger charge is -1.93. The van der Waals surface area contributed by atoms with Crippen LogP contribution in [0.1, 0.15) is 39.0 Å². The smallest absolute Gasteiger partial charge is 0.144 e. The minimum absolute atomic E-state index is 0.205. The van der Waals surface area contributed by atoms with Crippen molar-refractivity contribution in [2.45, 2.75) is 39.0 Å². The van der Waals surface area contributed by atoms with Gasteiger partial charge in [-0.05, 0) is 6.42 Å². The molecule has 0 aromatic heterocycles. The molecule has 0 atom stereocenters. The molecule has 0 saturated heterocycles. The molecule has 0 aromatic rings. The van der Waals surface area contributed by atoms with Crippen molar-refractivity contribution in [3.05, 3.63) is 0 Å². The predicted molar refractivity (Wildman–Crippen MR) is 42.6 cm³/mol. The highest BCUT2D eigenvalue weighted by Crippen LogP contribution is 2.00. The van der Waals surface area contributed by atoms with Crippen LogP contribution < -0.4 is 0 Å². The summed E-state index contributed by atoms with van der Waals surface area (Å²) in [5, 5.41) is 0. The van der Waals surface area contributed by atoms with Crippen molar-refractivity contribution in [1.82, 2.24) is 0 Å². The molecule has 0 aromatic carbocycles. The fourth-order valence-electron chi connectivity index (χ4n) is 0.774. The average molecular weight is 138 g/mol. The maximum Gasteiger partial charge on any atom is 0.144 e. The summed E-state index contributed by atoms with van der Waals surface area (Å²) in [6.45, 7) is 2.12. The van der Waals surface area contributed by atoms with Crippen LogP contribution in [0.25, 0.3) is 0 Å². The molecular weight excluding hydrogens is 124 g/mol. The van der Waals surface area contributed by atoms with Crippen molar-refractivity contribution >= 4 is 5.78 Å². The number of unbranched alkanes of at least 4 members (excludes halogenated alkanes) is 2. The Labute approximate surface area is 62.8 Å². The molecule has 0 saturated carbocycles. The minimum Gasteiger partial charge on any atom is -0.299 e. The molecule has 0 N–H and O–H groups in total. The van der Waals surface area contributed by atoms with Crippen molar-refractivity contribution < 1.29 is 4.79 Å². The fourth-order valence-corrected chi connectivity index (χ4v) is 0.774. The molecule has 0 aliphatic rings. The Morgan fingerprint density at radius 2 is 2.20 bits per heavy atom. The molecule has 0 unspecified atom stereocenters. The molecule has 56 valence electrons. The highest BCUT2D eigenvalue weighted by molar-refractivity contribution is 5.80. The molecular formula is C9H14O. The normalized spacial score (nSPS) is 8.80. The number of hydrogen-bond donors (Lipinski definition) is 0. The molecule has 0 radical (unpaired) electrons. The van der Waals surface area contributed by atoms with Gasteiger partial charge in [0.25, 0.3) is 0 Å². The molecule has 0 aliphatic heterocycles. The lowest BCUT2D eigenvalue weighted by atomic mass is 10.1. The van der Waals surface area contributed by atoms with Crippen LogP contribution in [0, 0.1) is 12.3 Å². The second-order valence-electron chi connectivity index (χ2n) is 2.38. The lowest BCUT2D eigenvalue weighted by Crippen LogP contribution is -1.94.